The highest BCUT2D eigenvalue weighted by atomic mass is 16.6. The van der Waals surface area contributed by atoms with E-state index in [9.17, 15) is 4.79 Å². The summed E-state index contributed by atoms with van der Waals surface area (Å²) in [4.78, 5) is 24.5. The van der Waals surface area contributed by atoms with E-state index in [4.69, 9.17) is 4.74 Å². The summed E-state index contributed by atoms with van der Waals surface area (Å²) in [5, 5.41) is 0. The van der Waals surface area contributed by atoms with Gasteiger partial charge in [0.25, 0.3) is 0 Å². The number of amides is 1. The Hall–Kier alpha value is -2.15. The molecular formula is C16H23N5O2. The highest BCUT2D eigenvalue weighted by molar-refractivity contribution is 5.67. The SMILES string of the molecule is CC(C)COC(=O)N1CCN(Cc2cnc3cnccn23)CC1. The van der Waals surface area contributed by atoms with Gasteiger partial charge in [-0.1, -0.05) is 13.8 Å². The van der Waals surface area contributed by atoms with Crippen LogP contribution >= 0.6 is 0 Å². The minimum absolute atomic E-state index is 0.195. The Morgan fingerprint density at radius 1 is 1.26 bits per heavy atom. The first-order valence-corrected chi connectivity index (χ1v) is 8.03. The number of nitrogens with zero attached hydrogens (tertiary/aromatic N) is 5. The second-order valence-electron chi connectivity index (χ2n) is 6.29. The van der Waals surface area contributed by atoms with Crippen molar-refractivity contribution in [3.05, 3.63) is 30.5 Å². The Labute approximate surface area is 135 Å². The van der Waals surface area contributed by atoms with Crippen LogP contribution in [-0.2, 0) is 11.3 Å². The highest BCUT2D eigenvalue weighted by Gasteiger charge is 2.22. The lowest BCUT2D eigenvalue weighted by molar-refractivity contribution is 0.0673. The van der Waals surface area contributed by atoms with Gasteiger partial charge in [0.05, 0.1) is 24.7 Å². The molecule has 0 N–H and O–H groups in total. The number of hydrogen-bond acceptors (Lipinski definition) is 5. The lowest BCUT2D eigenvalue weighted by Crippen LogP contribution is -2.48. The van der Waals surface area contributed by atoms with Crippen LogP contribution in [0.4, 0.5) is 4.79 Å². The monoisotopic (exact) mass is 317 g/mol. The molecular weight excluding hydrogens is 294 g/mol. The standard InChI is InChI=1S/C16H23N5O2/c1-13(2)12-23-16(22)20-7-5-19(6-8-20)11-14-9-18-15-10-17-3-4-21(14)15/h3-4,9-10,13H,5-8,11-12H2,1-2H3. The Morgan fingerprint density at radius 3 is 2.78 bits per heavy atom. The summed E-state index contributed by atoms with van der Waals surface area (Å²) in [6, 6.07) is 0. The van der Waals surface area contributed by atoms with Crippen molar-refractivity contribution in [3.63, 3.8) is 0 Å². The van der Waals surface area contributed by atoms with Crippen LogP contribution in [-0.4, -0.2) is 63.0 Å². The summed E-state index contributed by atoms with van der Waals surface area (Å²) in [6.07, 6.45) is 7.14. The summed E-state index contributed by atoms with van der Waals surface area (Å²) in [5.74, 6) is 0.366. The highest BCUT2D eigenvalue weighted by Crippen LogP contribution is 2.11. The fraction of sp³-hybridized carbons (Fsp3) is 0.562. The minimum atomic E-state index is -0.195. The van der Waals surface area contributed by atoms with Crippen LogP contribution in [0.5, 0.6) is 0 Å². The van der Waals surface area contributed by atoms with Crippen LogP contribution in [0.2, 0.25) is 0 Å². The number of rotatable bonds is 4. The van der Waals surface area contributed by atoms with Crippen molar-refractivity contribution in [1.82, 2.24) is 24.2 Å². The third kappa shape index (κ3) is 3.79. The van der Waals surface area contributed by atoms with Gasteiger partial charge in [0.1, 0.15) is 0 Å². The first-order chi connectivity index (χ1) is 11.1. The normalized spacial score (nSPS) is 16.2. The van der Waals surface area contributed by atoms with Crippen molar-refractivity contribution in [2.24, 2.45) is 5.92 Å². The number of hydrogen-bond donors (Lipinski definition) is 0. The number of carbonyl (C=O) groups is 1. The number of imidazole rings is 1. The number of fused-ring (bicyclic) bond motifs is 1. The molecule has 2 aromatic heterocycles. The van der Waals surface area contributed by atoms with Gasteiger partial charge in [-0.25, -0.2) is 9.78 Å². The van der Waals surface area contributed by atoms with Gasteiger partial charge in [0, 0.05) is 45.1 Å². The molecule has 0 radical (unpaired) electrons. The summed E-state index contributed by atoms with van der Waals surface area (Å²) in [7, 11) is 0. The van der Waals surface area contributed by atoms with Gasteiger partial charge in [-0.3, -0.25) is 14.3 Å². The van der Waals surface area contributed by atoms with Gasteiger partial charge in [0.15, 0.2) is 5.65 Å². The van der Waals surface area contributed by atoms with Crippen LogP contribution in [0.3, 0.4) is 0 Å². The van der Waals surface area contributed by atoms with E-state index in [-0.39, 0.29) is 6.09 Å². The Bertz CT molecular complexity index is 661. The first kappa shape index (κ1) is 15.7. The quantitative estimate of drug-likeness (QED) is 0.858. The third-order valence-corrected chi connectivity index (χ3v) is 3.95. The zero-order valence-corrected chi connectivity index (χ0v) is 13.7. The van der Waals surface area contributed by atoms with E-state index in [1.165, 1.54) is 0 Å². The maximum Gasteiger partial charge on any atom is 0.409 e. The second-order valence-corrected chi connectivity index (χ2v) is 6.29. The molecule has 3 heterocycles. The number of carbonyl (C=O) groups excluding carboxylic acids is 1. The summed E-state index contributed by atoms with van der Waals surface area (Å²) >= 11 is 0. The predicted octanol–water partition coefficient (Wildman–Crippen LogP) is 1.64. The van der Waals surface area contributed by atoms with Gasteiger partial charge < -0.3 is 9.64 Å². The topological polar surface area (TPSA) is 63.0 Å². The predicted molar refractivity (Wildman–Crippen MR) is 86.0 cm³/mol. The molecule has 0 spiro atoms. The Kier molecular flexibility index (Phi) is 4.76. The molecule has 0 unspecified atom stereocenters. The largest absolute Gasteiger partial charge is 0.449 e. The van der Waals surface area contributed by atoms with Crippen LogP contribution in [0.15, 0.2) is 24.8 Å². The Morgan fingerprint density at radius 2 is 2.04 bits per heavy atom. The van der Waals surface area contributed by atoms with Gasteiger partial charge in [-0.05, 0) is 5.92 Å². The smallest absolute Gasteiger partial charge is 0.409 e. The van der Waals surface area contributed by atoms with Crippen LogP contribution in [0, 0.1) is 5.92 Å². The zero-order chi connectivity index (χ0) is 16.2. The third-order valence-electron chi connectivity index (χ3n) is 3.95. The van der Waals surface area contributed by atoms with Crippen molar-refractivity contribution >= 4 is 11.7 Å². The number of piperazine rings is 1. The van der Waals surface area contributed by atoms with Gasteiger partial charge >= 0.3 is 6.09 Å². The molecule has 0 saturated carbocycles. The fourth-order valence-corrected chi connectivity index (χ4v) is 2.66. The molecule has 1 saturated heterocycles. The van der Waals surface area contributed by atoms with Gasteiger partial charge in [-0.2, -0.15) is 0 Å². The minimum Gasteiger partial charge on any atom is -0.449 e. The maximum absolute atomic E-state index is 12.0. The molecule has 1 fully saturated rings. The molecule has 0 atom stereocenters. The zero-order valence-electron chi connectivity index (χ0n) is 13.7. The fourth-order valence-electron chi connectivity index (χ4n) is 2.66. The molecule has 0 bridgehead atoms. The molecule has 0 aliphatic carbocycles. The molecule has 1 aliphatic rings. The van der Waals surface area contributed by atoms with Crippen molar-refractivity contribution < 1.29 is 9.53 Å². The average molecular weight is 317 g/mol. The molecule has 1 amide bonds. The summed E-state index contributed by atoms with van der Waals surface area (Å²) in [5.41, 5.74) is 2.00. The second kappa shape index (κ2) is 6.95. The van der Waals surface area contributed by atoms with Crippen molar-refractivity contribution in [2.75, 3.05) is 32.8 Å². The van der Waals surface area contributed by atoms with Crippen LogP contribution in [0.25, 0.3) is 5.65 Å². The molecule has 23 heavy (non-hydrogen) atoms. The van der Waals surface area contributed by atoms with Gasteiger partial charge in [-0.15, -0.1) is 0 Å². The van der Waals surface area contributed by atoms with Crippen molar-refractivity contribution in [3.8, 4) is 0 Å². The van der Waals surface area contributed by atoms with E-state index in [1.807, 2.05) is 26.2 Å². The molecule has 7 heteroatoms. The van der Waals surface area contributed by atoms with E-state index in [2.05, 4.69) is 19.3 Å². The molecule has 7 nitrogen and oxygen atoms in total. The number of aromatic nitrogens is 3. The summed E-state index contributed by atoms with van der Waals surface area (Å²) in [6.45, 7) is 8.47. The maximum atomic E-state index is 12.0. The van der Waals surface area contributed by atoms with E-state index in [1.54, 1.807) is 17.3 Å². The van der Waals surface area contributed by atoms with E-state index < -0.39 is 0 Å². The average Bonchev–Trinajstić information content (AvgIpc) is 2.96. The molecule has 1 aliphatic heterocycles. The van der Waals surface area contributed by atoms with Crippen LogP contribution in [0.1, 0.15) is 19.5 Å². The van der Waals surface area contributed by atoms with E-state index in [0.29, 0.717) is 25.6 Å². The summed E-state index contributed by atoms with van der Waals surface area (Å²) < 4.78 is 7.34. The van der Waals surface area contributed by atoms with E-state index >= 15 is 0 Å². The molecule has 0 aromatic carbocycles. The van der Waals surface area contributed by atoms with E-state index in [0.717, 1.165) is 31.0 Å². The van der Waals surface area contributed by atoms with Crippen molar-refractivity contribution in [2.45, 2.75) is 20.4 Å². The first-order valence-electron chi connectivity index (χ1n) is 8.03. The molecule has 3 rings (SSSR count). The number of ether oxygens (including phenoxy) is 1. The lowest BCUT2D eigenvalue weighted by atomic mass is 10.2. The molecule has 124 valence electrons. The molecule has 2 aromatic rings. The van der Waals surface area contributed by atoms with Crippen molar-refractivity contribution in [1.29, 1.82) is 0 Å². The van der Waals surface area contributed by atoms with Crippen LogP contribution < -0.4 is 0 Å². The Balaban J connectivity index is 1.52. The van der Waals surface area contributed by atoms with Gasteiger partial charge in [0.2, 0.25) is 0 Å². The lowest BCUT2D eigenvalue weighted by Gasteiger charge is -2.34.